The molecule has 1 aromatic rings. The van der Waals surface area contributed by atoms with Crippen LogP contribution in [0.5, 0.6) is 0 Å². The molecular formula is C14H21N3S. The van der Waals surface area contributed by atoms with Crippen LogP contribution in [-0.2, 0) is 0 Å². The summed E-state index contributed by atoms with van der Waals surface area (Å²) < 4.78 is 0. The van der Waals surface area contributed by atoms with Gasteiger partial charge in [-0.3, -0.25) is 0 Å². The van der Waals surface area contributed by atoms with Gasteiger partial charge in [0.1, 0.15) is 10.8 Å². The van der Waals surface area contributed by atoms with Crippen molar-refractivity contribution in [3.05, 3.63) is 23.4 Å². The van der Waals surface area contributed by atoms with E-state index in [4.69, 9.17) is 18.0 Å². The summed E-state index contributed by atoms with van der Waals surface area (Å²) in [7, 11) is 2.13. The molecule has 0 aliphatic heterocycles. The maximum Gasteiger partial charge on any atom is 0.129 e. The number of thiocarbonyl (C=S) groups is 1. The first kappa shape index (κ1) is 13.3. The number of hydrogen-bond donors (Lipinski definition) is 1. The van der Waals surface area contributed by atoms with Crippen molar-refractivity contribution in [2.45, 2.75) is 45.1 Å². The first-order valence-electron chi connectivity index (χ1n) is 6.59. The van der Waals surface area contributed by atoms with Gasteiger partial charge < -0.3 is 10.6 Å². The van der Waals surface area contributed by atoms with Gasteiger partial charge in [-0.2, -0.15) is 0 Å². The lowest BCUT2D eigenvalue weighted by Gasteiger charge is -2.32. The molecule has 0 amide bonds. The summed E-state index contributed by atoms with van der Waals surface area (Å²) in [6.07, 6.45) is 6.53. The fourth-order valence-corrected chi connectivity index (χ4v) is 2.75. The van der Waals surface area contributed by atoms with Crippen molar-refractivity contribution >= 4 is 23.0 Å². The van der Waals surface area contributed by atoms with Gasteiger partial charge in [0.25, 0.3) is 0 Å². The fourth-order valence-electron chi connectivity index (χ4n) is 2.63. The lowest BCUT2D eigenvalue weighted by atomic mass is 9.94. The van der Waals surface area contributed by atoms with E-state index in [1.165, 1.54) is 32.1 Å². The quantitative estimate of drug-likeness (QED) is 0.852. The first-order chi connectivity index (χ1) is 8.58. The van der Waals surface area contributed by atoms with Crippen LogP contribution < -0.4 is 10.6 Å². The number of aromatic nitrogens is 1. The van der Waals surface area contributed by atoms with Gasteiger partial charge >= 0.3 is 0 Å². The number of anilines is 1. The zero-order valence-electron chi connectivity index (χ0n) is 11.1. The van der Waals surface area contributed by atoms with Gasteiger partial charge in [0.2, 0.25) is 0 Å². The van der Waals surface area contributed by atoms with Gasteiger partial charge in [-0.25, -0.2) is 4.98 Å². The van der Waals surface area contributed by atoms with Crippen LogP contribution in [0.2, 0.25) is 0 Å². The van der Waals surface area contributed by atoms with Crippen LogP contribution >= 0.6 is 12.2 Å². The van der Waals surface area contributed by atoms with Crippen molar-refractivity contribution in [1.29, 1.82) is 0 Å². The van der Waals surface area contributed by atoms with Gasteiger partial charge in [0.05, 0.1) is 0 Å². The average Bonchev–Trinajstić information content (AvgIpc) is 2.38. The molecule has 4 heteroatoms. The van der Waals surface area contributed by atoms with Crippen LogP contribution in [0.1, 0.15) is 43.4 Å². The van der Waals surface area contributed by atoms with E-state index in [1.807, 2.05) is 19.1 Å². The van der Waals surface area contributed by atoms with Gasteiger partial charge in [-0.1, -0.05) is 31.5 Å². The lowest BCUT2D eigenvalue weighted by molar-refractivity contribution is 0.426. The molecule has 1 aliphatic rings. The van der Waals surface area contributed by atoms with Crippen LogP contribution in [0.4, 0.5) is 5.82 Å². The molecule has 2 N–H and O–H groups in total. The Morgan fingerprint density at radius 1 is 1.33 bits per heavy atom. The van der Waals surface area contributed by atoms with Crippen molar-refractivity contribution in [2.75, 3.05) is 11.9 Å². The molecule has 0 aromatic carbocycles. The maximum atomic E-state index is 5.72. The zero-order valence-corrected chi connectivity index (χ0v) is 12.0. The van der Waals surface area contributed by atoms with Gasteiger partial charge in [0, 0.05) is 24.3 Å². The predicted molar refractivity (Wildman–Crippen MR) is 80.1 cm³/mol. The third-order valence-electron chi connectivity index (χ3n) is 3.71. The summed E-state index contributed by atoms with van der Waals surface area (Å²) in [5.74, 6) is 0.990. The summed E-state index contributed by atoms with van der Waals surface area (Å²) in [6.45, 7) is 1.99. The molecular weight excluding hydrogens is 242 g/mol. The zero-order chi connectivity index (χ0) is 13.1. The SMILES string of the molecule is Cc1cc(C(N)=S)cc(N(C)C2CCCCC2)n1. The van der Waals surface area contributed by atoms with Crippen molar-refractivity contribution in [2.24, 2.45) is 5.73 Å². The Morgan fingerprint density at radius 2 is 2.00 bits per heavy atom. The summed E-state index contributed by atoms with van der Waals surface area (Å²) >= 11 is 5.06. The van der Waals surface area contributed by atoms with E-state index in [0.717, 1.165) is 17.1 Å². The summed E-state index contributed by atoms with van der Waals surface area (Å²) in [6, 6.07) is 4.55. The van der Waals surface area contributed by atoms with Crippen molar-refractivity contribution in [3.8, 4) is 0 Å². The fraction of sp³-hybridized carbons (Fsp3) is 0.571. The van der Waals surface area contributed by atoms with E-state index < -0.39 is 0 Å². The van der Waals surface area contributed by atoms with E-state index >= 15 is 0 Å². The average molecular weight is 263 g/mol. The van der Waals surface area contributed by atoms with E-state index in [2.05, 4.69) is 16.9 Å². The monoisotopic (exact) mass is 263 g/mol. The molecule has 1 heterocycles. The Hall–Kier alpha value is -1.16. The summed E-state index contributed by atoms with van der Waals surface area (Å²) in [5, 5.41) is 0. The highest BCUT2D eigenvalue weighted by molar-refractivity contribution is 7.80. The molecule has 0 spiro atoms. The minimum absolute atomic E-state index is 0.443. The second-order valence-electron chi connectivity index (χ2n) is 5.12. The molecule has 1 saturated carbocycles. The third-order valence-corrected chi connectivity index (χ3v) is 3.94. The molecule has 1 fully saturated rings. The molecule has 18 heavy (non-hydrogen) atoms. The Balaban J connectivity index is 2.23. The molecule has 0 saturated heterocycles. The number of nitrogens with zero attached hydrogens (tertiary/aromatic N) is 2. The Bertz CT molecular complexity index is 439. The van der Waals surface area contributed by atoms with Crippen molar-refractivity contribution < 1.29 is 0 Å². The number of nitrogens with two attached hydrogens (primary N) is 1. The summed E-state index contributed by atoms with van der Waals surface area (Å²) in [5.41, 5.74) is 7.60. The largest absolute Gasteiger partial charge is 0.389 e. The highest BCUT2D eigenvalue weighted by Crippen LogP contribution is 2.25. The third kappa shape index (κ3) is 2.99. The molecule has 1 aromatic heterocycles. The molecule has 98 valence electrons. The van der Waals surface area contributed by atoms with Gasteiger partial charge in [0.15, 0.2) is 0 Å². The maximum absolute atomic E-state index is 5.72. The van der Waals surface area contributed by atoms with Crippen LogP contribution in [0.15, 0.2) is 12.1 Å². The molecule has 0 atom stereocenters. The number of hydrogen-bond acceptors (Lipinski definition) is 3. The number of rotatable bonds is 3. The number of pyridine rings is 1. The molecule has 1 aliphatic carbocycles. The molecule has 2 rings (SSSR count). The van der Waals surface area contributed by atoms with E-state index in [1.54, 1.807) is 0 Å². The normalized spacial score (nSPS) is 16.6. The minimum atomic E-state index is 0.443. The van der Waals surface area contributed by atoms with Crippen LogP contribution in [0.3, 0.4) is 0 Å². The minimum Gasteiger partial charge on any atom is -0.389 e. The van der Waals surface area contributed by atoms with Crippen LogP contribution in [-0.4, -0.2) is 23.1 Å². The van der Waals surface area contributed by atoms with Crippen molar-refractivity contribution in [3.63, 3.8) is 0 Å². The molecule has 3 nitrogen and oxygen atoms in total. The lowest BCUT2D eigenvalue weighted by Crippen LogP contribution is -2.34. The second kappa shape index (κ2) is 5.65. The summed E-state index contributed by atoms with van der Waals surface area (Å²) in [4.78, 5) is 7.33. The first-order valence-corrected chi connectivity index (χ1v) is 7.00. The Kier molecular flexibility index (Phi) is 4.17. The topological polar surface area (TPSA) is 42.1 Å². The predicted octanol–water partition coefficient (Wildman–Crippen LogP) is 2.79. The Labute approximate surface area is 114 Å². The number of aryl methyl sites for hydroxylation is 1. The van der Waals surface area contributed by atoms with Gasteiger partial charge in [-0.05, 0) is 31.9 Å². The Morgan fingerprint density at radius 3 is 2.61 bits per heavy atom. The molecule has 0 radical (unpaired) electrons. The van der Waals surface area contributed by atoms with Gasteiger partial charge in [-0.15, -0.1) is 0 Å². The molecule has 0 unspecified atom stereocenters. The van der Waals surface area contributed by atoms with Crippen LogP contribution in [0, 0.1) is 6.92 Å². The second-order valence-corrected chi connectivity index (χ2v) is 5.56. The van der Waals surface area contributed by atoms with E-state index in [9.17, 15) is 0 Å². The van der Waals surface area contributed by atoms with E-state index in [0.29, 0.717) is 11.0 Å². The highest BCUT2D eigenvalue weighted by Gasteiger charge is 2.19. The van der Waals surface area contributed by atoms with Crippen LogP contribution in [0.25, 0.3) is 0 Å². The molecule has 0 bridgehead atoms. The van der Waals surface area contributed by atoms with Crippen molar-refractivity contribution in [1.82, 2.24) is 4.98 Å². The highest BCUT2D eigenvalue weighted by atomic mass is 32.1. The van der Waals surface area contributed by atoms with E-state index in [-0.39, 0.29) is 0 Å². The smallest absolute Gasteiger partial charge is 0.129 e. The standard InChI is InChI=1S/C14H21N3S/c1-10-8-11(14(15)18)9-13(16-10)17(2)12-6-4-3-5-7-12/h8-9,12H,3-7H2,1-2H3,(H2,15,18).